The molecule has 0 saturated heterocycles. The highest BCUT2D eigenvalue weighted by atomic mass is 19.1. The van der Waals surface area contributed by atoms with E-state index in [0.717, 1.165) is 12.0 Å². The van der Waals surface area contributed by atoms with Crippen LogP contribution in [0.5, 0.6) is 0 Å². The van der Waals surface area contributed by atoms with Crippen LogP contribution in [0.25, 0.3) is 0 Å². The van der Waals surface area contributed by atoms with Crippen LogP contribution in [0.2, 0.25) is 0 Å². The van der Waals surface area contributed by atoms with Gasteiger partial charge in [-0.05, 0) is 30.5 Å². The van der Waals surface area contributed by atoms with E-state index in [2.05, 4.69) is 4.98 Å². The van der Waals surface area contributed by atoms with Crippen LogP contribution in [-0.4, -0.2) is 14.7 Å². The van der Waals surface area contributed by atoms with Gasteiger partial charge >= 0.3 is 0 Å². The van der Waals surface area contributed by atoms with E-state index in [0.29, 0.717) is 24.1 Å². The number of benzene rings is 2. The number of fused-ring (bicyclic) bond motifs is 1. The van der Waals surface area contributed by atoms with Crippen LogP contribution in [0.3, 0.4) is 0 Å². The summed E-state index contributed by atoms with van der Waals surface area (Å²) < 4.78 is 16.4. The minimum absolute atomic E-state index is 0.287. The van der Waals surface area contributed by atoms with Gasteiger partial charge in [-0.25, -0.2) is 9.37 Å². The SMILES string of the molecule is N#Cc1ccc(C2CC(O)(CCc3ccccc3)c3cncn32)c(F)c1. The lowest BCUT2D eigenvalue weighted by molar-refractivity contribution is 0.0265. The molecule has 130 valence electrons. The van der Waals surface area contributed by atoms with Crippen molar-refractivity contribution in [1.29, 1.82) is 5.26 Å². The molecular formula is C21H18FN3O. The monoisotopic (exact) mass is 347 g/mol. The first-order chi connectivity index (χ1) is 12.6. The third-order valence-electron chi connectivity index (χ3n) is 5.17. The van der Waals surface area contributed by atoms with E-state index in [-0.39, 0.29) is 11.6 Å². The third kappa shape index (κ3) is 2.79. The lowest BCUT2D eigenvalue weighted by Gasteiger charge is -2.22. The van der Waals surface area contributed by atoms with Crippen LogP contribution in [0.15, 0.2) is 61.1 Å². The Morgan fingerprint density at radius 1 is 1.27 bits per heavy atom. The smallest absolute Gasteiger partial charge is 0.129 e. The van der Waals surface area contributed by atoms with Gasteiger partial charge in [-0.15, -0.1) is 0 Å². The summed E-state index contributed by atoms with van der Waals surface area (Å²) in [5.74, 6) is -0.430. The Morgan fingerprint density at radius 2 is 2.08 bits per heavy atom. The fraction of sp³-hybridized carbons (Fsp3) is 0.238. The summed E-state index contributed by atoms with van der Waals surface area (Å²) in [6.07, 6.45) is 4.95. The molecule has 2 unspecified atom stereocenters. The highest BCUT2D eigenvalue weighted by Crippen LogP contribution is 2.45. The van der Waals surface area contributed by atoms with E-state index in [1.165, 1.54) is 6.07 Å². The van der Waals surface area contributed by atoms with Crippen molar-refractivity contribution in [1.82, 2.24) is 9.55 Å². The summed E-state index contributed by atoms with van der Waals surface area (Å²) in [6.45, 7) is 0. The summed E-state index contributed by atoms with van der Waals surface area (Å²) in [5, 5.41) is 20.2. The van der Waals surface area contributed by atoms with E-state index in [1.54, 1.807) is 24.7 Å². The molecule has 4 rings (SSSR count). The molecule has 5 heteroatoms. The Balaban J connectivity index is 1.63. The molecule has 0 fully saturated rings. The normalized spacial score (nSPS) is 21.3. The Hall–Kier alpha value is -2.97. The predicted octanol–water partition coefficient (Wildman–Crippen LogP) is 3.71. The summed E-state index contributed by atoms with van der Waals surface area (Å²) in [4.78, 5) is 4.16. The van der Waals surface area contributed by atoms with E-state index >= 15 is 0 Å². The van der Waals surface area contributed by atoms with Gasteiger partial charge in [-0.3, -0.25) is 0 Å². The fourth-order valence-corrected chi connectivity index (χ4v) is 3.79. The van der Waals surface area contributed by atoms with Crippen molar-refractivity contribution in [2.45, 2.75) is 30.9 Å². The number of aryl methyl sites for hydroxylation is 1. The summed E-state index contributed by atoms with van der Waals surface area (Å²) in [6, 6.07) is 16.1. The maximum atomic E-state index is 14.5. The Morgan fingerprint density at radius 3 is 2.81 bits per heavy atom. The second kappa shape index (κ2) is 6.40. The predicted molar refractivity (Wildman–Crippen MR) is 94.8 cm³/mol. The molecule has 1 aliphatic heterocycles. The molecule has 2 aromatic carbocycles. The minimum atomic E-state index is -1.06. The molecule has 3 aromatic rings. The van der Waals surface area contributed by atoms with Gasteiger partial charge in [0.1, 0.15) is 11.4 Å². The number of imidazole rings is 1. The molecule has 4 nitrogen and oxygen atoms in total. The minimum Gasteiger partial charge on any atom is -0.383 e. The van der Waals surface area contributed by atoms with Gasteiger partial charge in [0.25, 0.3) is 0 Å². The van der Waals surface area contributed by atoms with E-state index in [4.69, 9.17) is 5.26 Å². The van der Waals surface area contributed by atoms with Gasteiger partial charge in [0.05, 0.1) is 35.9 Å². The summed E-state index contributed by atoms with van der Waals surface area (Å²) in [7, 11) is 0. The number of nitrogens with zero attached hydrogens (tertiary/aromatic N) is 3. The highest BCUT2D eigenvalue weighted by Gasteiger charge is 2.43. The molecule has 1 N–H and O–H groups in total. The maximum Gasteiger partial charge on any atom is 0.129 e. The van der Waals surface area contributed by atoms with Crippen LogP contribution in [0.1, 0.15) is 41.3 Å². The van der Waals surface area contributed by atoms with Crippen molar-refractivity contribution in [3.05, 3.63) is 89.3 Å². The molecule has 0 bridgehead atoms. The molecule has 0 radical (unpaired) electrons. The molecule has 1 aliphatic rings. The number of hydrogen-bond donors (Lipinski definition) is 1. The van der Waals surface area contributed by atoms with E-state index in [1.807, 2.05) is 41.0 Å². The lowest BCUT2D eigenvalue weighted by atomic mass is 9.87. The van der Waals surface area contributed by atoms with Crippen molar-refractivity contribution in [2.24, 2.45) is 0 Å². The fourth-order valence-electron chi connectivity index (χ4n) is 3.79. The lowest BCUT2D eigenvalue weighted by Crippen LogP contribution is -2.23. The Labute approximate surface area is 151 Å². The first-order valence-corrected chi connectivity index (χ1v) is 8.59. The molecule has 26 heavy (non-hydrogen) atoms. The molecule has 0 aliphatic carbocycles. The quantitative estimate of drug-likeness (QED) is 0.783. The number of rotatable bonds is 4. The first kappa shape index (κ1) is 16.5. The van der Waals surface area contributed by atoms with Crippen LogP contribution in [0.4, 0.5) is 4.39 Å². The number of nitriles is 1. The first-order valence-electron chi connectivity index (χ1n) is 8.59. The van der Waals surface area contributed by atoms with Crippen LogP contribution < -0.4 is 0 Å². The van der Waals surface area contributed by atoms with Crippen molar-refractivity contribution < 1.29 is 9.50 Å². The van der Waals surface area contributed by atoms with Crippen LogP contribution in [0, 0.1) is 17.1 Å². The third-order valence-corrected chi connectivity index (χ3v) is 5.17. The topological polar surface area (TPSA) is 61.8 Å². The summed E-state index contributed by atoms with van der Waals surface area (Å²) in [5.41, 5.74) is 1.56. The number of aliphatic hydroxyl groups is 1. The molecule has 2 atom stereocenters. The largest absolute Gasteiger partial charge is 0.383 e. The van der Waals surface area contributed by atoms with Crippen LogP contribution >= 0.6 is 0 Å². The van der Waals surface area contributed by atoms with Gasteiger partial charge in [0, 0.05) is 12.0 Å². The Kier molecular flexibility index (Phi) is 4.06. The zero-order chi connectivity index (χ0) is 18.1. The van der Waals surface area contributed by atoms with E-state index in [9.17, 15) is 9.50 Å². The highest BCUT2D eigenvalue weighted by molar-refractivity contribution is 5.36. The average molecular weight is 347 g/mol. The number of halogens is 1. The molecule has 1 aromatic heterocycles. The molecule has 2 heterocycles. The summed E-state index contributed by atoms with van der Waals surface area (Å²) >= 11 is 0. The van der Waals surface area contributed by atoms with E-state index < -0.39 is 11.4 Å². The molecule has 0 amide bonds. The average Bonchev–Trinajstić information content (AvgIpc) is 3.25. The van der Waals surface area contributed by atoms with Crippen molar-refractivity contribution in [2.75, 3.05) is 0 Å². The second-order valence-corrected chi connectivity index (χ2v) is 6.77. The zero-order valence-corrected chi connectivity index (χ0v) is 14.1. The molecule has 0 spiro atoms. The number of hydrogen-bond acceptors (Lipinski definition) is 3. The maximum absolute atomic E-state index is 14.5. The zero-order valence-electron chi connectivity index (χ0n) is 14.1. The van der Waals surface area contributed by atoms with Crippen molar-refractivity contribution >= 4 is 0 Å². The molecule has 0 saturated carbocycles. The van der Waals surface area contributed by atoms with Gasteiger partial charge in [-0.2, -0.15) is 5.26 Å². The van der Waals surface area contributed by atoms with Gasteiger partial charge < -0.3 is 9.67 Å². The van der Waals surface area contributed by atoms with Crippen molar-refractivity contribution in [3.8, 4) is 6.07 Å². The molecular weight excluding hydrogens is 329 g/mol. The van der Waals surface area contributed by atoms with Gasteiger partial charge in [0.2, 0.25) is 0 Å². The Bertz CT molecular complexity index is 976. The number of aromatic nitrogens is 2. The van der Waals surface area contributed by atoms with Crippen LogP contribution in [-0.2, 0) is 12.0 Å². The van der Waals surface area contributed by atoms with Crippen molar-refractivity contribution in [3.63, 3.8) is 0 Å². The van der Waals surface area contributed by atoms with Gasteiger partial charge in [-0.1, -0.05) is 36.4 Å². The standard InChI is InChI=1S/C21H18FN3O/c22-18-10-16(12-23)6-7-17(18)19-11-21(26,20-13-24-14-25(19)20)9-8-15-4-2-1-3-5-15/h1-7,10,13-14,19,26H,8-9,11H2. The second-order valence-electron chi connectivity index (χ2n) is 6.77. The van der Waals surface area contributed by atoms with Gasteiger partial charge in [0.15, 0.2) is 0 Å².